The molecule has 1 aromatic heterocycles. The molecule has 1 aliphatic rings. The lowest BCUT2D eigenvalue weighted by atomic mass is 9.85. The molecule has 5 heteroatoms. The van der Waals surface area contributed by atoms with Crippen molar-refractivity contribution >= 4 is 5.69 Å². The Kier molecular flexibility index (Phi) is 2.51. The number of nitrogens with zero attached hydrogens (tertiary/aromatic N) is 4. The quantitative estimate of drug-likeness (QED) is 0.813. The van der Waals surface area contributed by atoms with Crippen molar-refractivity contribution in [3.8, 4) is 11.4 Å². The maximum Gasteiger partial charge on any atom is 0.182 e. The first-order chi connectivity index (χ1) is 8.33. The van der Waals surface area contributed by atoms with Crippen LogP contribution in [0.15, 0.2) is 24.3 Å². The van der Waals surface area contributed by atoms with Gasteiger partial charge < -0.3 is 5.73 Å². The molecule has 0 saturated heterocycles. The molecule has 0 radical (unpaired) electrons. The van der Waals surface area contributed by atoms with Crippen LogP contribution >= 0.6 is 0 Å². The van der Waals surface area contributed by atoms with Crippen LogP contribution in [0.2, 0.25) is 0 Å². The topological polar surface area (TPSA) is 69.6 Å². The second-order valence-corrected chi connectivity index (χ2v) is 4.61. The number of anilines is 1. The molecular weight excluding hydrogens is 214 g/mol. The minimum atomic E-state index is 0.735. The highest BCUT2D eigenvalue weighted by Crippen LogP contribution is 2.29. The van der Waals surface area contributed by atoms with Crippen LogP contribution in [0.4, 0.5) is 5.69 Å². The van der Waals surface area contributed by atoms with E-state index in [1.807, 2.05) is 28.9 Å². The third kappa shape index (κ3) is 2.00. The summed E-state index contributed by atoms with van der Waals surface area (Å²) in [7, 11) is 0. The normalized spacial score (nSPS) is 15.8. The molecule has 0 bridgehead atoms. The van der Waals surface area contributed by atoms with Crippen molar-refractivity contribution in [2.45, 2.75) is 25.8 Å². The molecule has 88 valence electrons. The van der Waals surface area contributed by atoms with Crippen molar-refractivity contribution in [3.05, 3.63) is 24.3 Å². The molecule has 1 fully saturated rings. The molecule has 5 nitrogen and oxygen atoms in total. The van der Waals surface area contributed by atoms with Gasteiger partial charge in [0.2, 0.25) is 0 Å². The number of hydrogen-bond acceptors (Lipinski definition) is 4. The van der Waals surface area contributed by atoms with Gasteiger partial charge in [-0.15, -0.1) is 5.10 Å². The van der Waals surface area contributed by atoms with Gasteiger partial charge in [-0.05, 0) is 41.3 Å². The molecule has 2 N–H and O–H groups in total. The average molecular weight is 229 g/mol. The number of benzene rings is 1. The van der Waals surface area contributed by atoms with Crippen LogP contribution in [0.5, 0.6) is 0 Å². The predicted molar refractivity (Wildman–Crippen MR) is 65.0 cm³/mol. The number of tetrazole rings is 1. The van der Waals surface area contributed by atoms with Gasteiger partial charge in [0, 0.05) is 17.8 Å². The van der Waals surface area contributed by atoms with Gasteiger partial charge in [0.15, 0.2) is 5.82 Å². The third-order valence-electron chi connectivity index (χ3n) is 3.33. The van der Waals surface area contributed by atoms with Gasteiger partial charge in [0.1, 0.15) is 0 Å². The minimum absolute atomic E-state index is 0.735. The first-order valence-electron chi connectivity index (χ1n) is 5.95. The summed E-state index contributed by atoms with van der Waals surface area (Å²) < 4.78 is 1.89. The van der Waals surface area contributed by atoms with Crippen molar-refractivity contribution in [1.29, 1.82) is 0 Å². The molecule has 0 atom stereocenters. The lowest BCUT2D eigenvalue weighted by molar-refractivity contribution is 0.265. The van der Waals surface area contributed by atoms with E-state index < -0.39 is 0 Å². The Hall–Kier alpha value is -1.91. The number of nitrogens with two attached hydrogens (primary N) is 1. The fourth-order valence-electron chi connectivity index (χ4n) is 2.13. The highest BCUT2D eigenvalue weighted by atomic mass is 15.5. The minimum Gasteiger partial charge on any atom is -0.399 e. The number of aromatic nitrogens is 4. The van der Waals surface area contributed by atoms with Crippen LogP contribution in [-0.2, 0) is 6.54 Å². The zero-order valence-corrected chi connectivity index (χ0v) is 9.58. The van der Waals surface area contributed by atoms with Gasteiger partial charge in [-0.3, -0.25) is 0 Å². The van der Waals surface area contributed by atoms with Crippen molar-refractivity contribution < 1.29 is 0 Å². The Bertz CT molecular complexity index is 515. The van der Waals surface area contributed by atoms with Gasteiger partial charge >= 0.3 is 0 Å². The van der Waals surface area contributed by atoms with Crippen molar-refractivity contribution in [1.82, 2.24) is 20.2 Å². The fraction of sp³-hybridized carbons (Fsp3) is 0.417. The molecule has 2 aromatic rings. The molecule has 0 unspecified atom stereocenters. The molecule has 0 aliphatic heterocycles. The Balaban J connectivity index is 1.89. The van der Waals surface area contributed by atoms with Crippen molar-refractivity contribution in [2.75, 3.05) is 5.73 Å². The molecule has 1 heterocycles. The zero-order valence-electron chi connectivity index (χ0n) is 9.58. The SMILES string of the molecule is Nc1cccc(-c2nnnn2CC2CCC2)c1. The average Bonchev–Trinajstić information content (AvgIpc) is 2.71. The van der Waals surface area contributed by atoms with E-state index in [-0.39, 0.29) is 0 Å². The maximum absolute atomic E-state index is 5.78. The maximum atomic E-state index is 5.78. The van der Waals surface area contributed by atoms with E-state index in [1.54, 1.807) is 0 Å². The van der Waals surface area contributed by atoms with Gasteiger partial charge in [0.05, 0.1) is 0 Å². The molecule has 0 amide bonds. The second-order valence-electron chi connectivity index (χ2n) is 4.61. The first kappa shape index (κ1) is 10.3. The fourth-order valence-corrected chi connectivity index (χ4v) is 2.13. The summed E-state index contributed by atoms with van der Waals surface area (Å²) >= 11 is 0. The van der Waals surface area contributed by atoms with Gasteiger partial charge in [-0.1, -0.05) is 18.6 Å². The molecule has 1 aromatic carbocycles. The highest BCUT2D eigenvalue weighted by Gasteiger charge is 2.20. The lowest BCUT2D eigenvalue weighted by Gasteiger charge is -2.25. The Morgan fingerprint density at radius 2 is 2.24 bits per heavy atom. The van der Waals surface area contributed by atoms with Crippen LogP contribution in [0.3, 0.4) is 0 Å². The number of nitrogen functional groups attached to an aromatic ring is 1. The van der Waals surface area contributed by atoms with E-state index in [2.05, 4.69) is 15.5 Å². The molecule has 3 rings (SSSR count). The third-order valence-corrected chi connectivity index (χ3v) is 3.33. The van der Waals surface area contributed by atoms with Gasteiger partial charge in [0.25, 0.3) is 0 Å². The Labute approximate surface area is 99.6 Å². The zero-order chi connectivity index (χ0) is 11.7. The Morgan fingerprint density at radius 3 is 2.94 bits per heavy atom. The van der Waals surface area contributed by atoms with E-state index in [1.165, 1.54) is 19.3 Å². The molecule has 0 spiro atoms. The second kappa shape index (κ2) is 4.16. The number of hydrogen-bond donors (Lipinski definition) is 1. The van der Waals surface area contributed by atoms with Crippen LogP contribution in [0.25, 0.3) is 11.4 Å². The smallest absolute Gasteiger partial charge is 0.182 e. The summed E-state index contributed by atoms with van der Waals surface area (Å²) in [5, 5.41) is 11.9. The molecule has 1 aliphatic carbocycles. The van der Waals surface area contributed by atoms with E-state index in [0.717, 1.165) is 29.5 Å². The van der Waals surface area contributed by atoms with Crippen LogP contribution in [-0.4, -0.2) is 20.2 Å². The van der Waals surface area contributed by atoms with Crippen molar-refractivity contribution in [2.24, 2.45) is 5.92 Å². The van der Waals surface area contributed by atoms with Gasteiger partial charge in [-0.25, -0.2) is 4.68 Å². The lowest BCUT2D eigenvalue weighted by Crippen LogP contribution is -2.19. The standard InChI is InChI=1S/C12H15N5/c13-11-6-2-5-10(7-11)12-14-15-16-17(12)8-9-3-1-4-9/h2,5-7,9H,1,3-4,8,13H2. The molecule has 1 saturated carbocycles. The van der Waals surface area contributed by atoms with E-state index in [0.29, 0.717) is 0 Å². The summed E-state index contributed by atoms with van der Waals surface area (Å²) in [5.74, 6) is 1.54. The summed E-state index contributed by atoms with van der Waals surface area (Å²) in [5.41, 5.74) is 7.49. The first-order valence-corrected chi connectivity index (χ1v) is 5.95. The predicted octanol–water partition coefficient (Wildman–Crippen LogP) is 1.72. The molecular formula is C12H15N5. The van der Waals surface area contributed by atoms with Crippen molar-refractivity contribution in [3.63, 3.8) is 0 Å². The van der Waals surface area contributed by atoms with E-state index in [9.17, 15) is 0 Å². The number of rotatable bonds is 3. The molecule has 17 heavy (non-hydrogen) atoms. The summed E-state index contributed by atoms with van der Waals surface area (Å²) in [6, 6.07) is 7.68. The summed E-state index contributed by atoms with van der Waals surface area (Å²) in [6.07, 6.45) is 3.91. The van der Waals surface area contributed by atoms with Crippen LogP contribution in [0.1, 0.15) is 19.3 Å². The van der Waals surface area contributed by atoms with E-state index >= 15 is 0 Å². The Morgan fingerprint density at radius 1 is 1.35 bits per heavy atom. The largest absolute Gasteiger partial charge is 0.399 e. The van der Waals surface area contributed by atoms with Crippen LogP contribution < -0.4 is 5.73 Å². The summed E-state index contributed by atoms with van der Waals surface area (Å²) in [4.78, 5) is 0. The highest BCUT2D eigenvalue weighted by molar-refractivity contribution is 5.60. The van der Waals surface area contributed by atoms with Gasteiger partial charge in [-0.2, -0.15) is 0 Å². The van der Waals surface area contributed by atoms with E-state index in [4.69, 9.17) is 5.73 Å². The van der Waals surface area contributed by atoms with Crippen LogP contribution in [0, 0.1) is 5.92 Å². The summed E-state index contributed by atoms with van der Waals surface area (Å²) in [6.45, 7) is 0.914. The monoisotopic (exact) mass is 229 g/mol.